The Hall–Kier alpha value is -2.40. The number of carboxylic acids is 1. The minimum Gasteiger partial charge on any atom is -0.478 e. The molecule has 0 radical (unpaired) electrons. The van der Waals surface area contributed by atoms with Crippen molar-refractivity contribution in [3.63, 3.8) is 0 Å². The minimum absolute atomic E-state index is 0.0222. The van der Waals surface area contributed by atoms with Crippen molar-refractivity contribution in [3.8, 4) is 0 Å². The fourth-order valence-corrected chi connectivity index (χ4v) is 2.06. The molecule has 0 spiro atoms. The molecule has 1 amide bonds. The molecule has 0 unspecified atom stereocenters. The Kier molecular flexibility index (Phi) is 4.23. The van der Waals surface area contributed by atoms with Gasteiger partial charge in [0.05, 0.1) is 16.1 Å². The average molecular weight is 308 g/mol. The van der Waals surface area contributed by atoms with Gasteiger partial charge in [0.2, 0.25) is 0 Å². The Bertz CT molecular complexity index is 680. The number of halogens is 2. The summed E-state index contributed by atoms with van der Waals surface area (Å²) in [5.74, 6) is -2.38. The Morgan fingerprint density at radius 3 is 2.29 bits per heavy atom. The van der Waals surface area contributed by atoms with Crippen LogP contribution in [0.4, 0.5) is 10.1 Å². The SMILES string of the molecule is CN(C(=O)c1c(F)cccc1Cl)c1ccc(C(=O)O)cc1. The van der Waals surface area contributed by atoms with Gasteiger partial charge in [-0.2, -0.15) is 0 Å². The predicted molar refractivity (Wildman–Crippen MR) is 77.5 cm³/mol. The van der Waals surface area contributed by atoms with E-state index >= 15 is 0 Å². The molecule has 2 aromatic carbocycles. The molecule has 0 saturated carbocycles. The number of anilines is 1. The molecule has 21 heavy (non-hydrogen) atoms. The molecule has 0 saturated heterocycles. The van der Waals surface area contributed by atoms with E-state index in [0.29, 0.717) is 5.69 Å². The topological polar surface area (TPSA) is 57.6 Å². The number of aromatic carboxylic acids is 1. The first-order chi connectivity index (χ1) is 9.91. The Balaban J connectivity index is 2.33. The van der Waals surface area contributed by atoms with Crippen LogP contribution in [0.5, 0.6) is 0 Å². The molecule has 4 nitrogen and oxygen atoms in total. The van der Waals surface area contributed by atoms with Crippen molar-refractivity contribution < 1.29 is 19.1 Å². The summed E-state index contributed by atoms with van der Waals surface area (Å²) in [6.07, 6.45) is 0. The highest BCUT2D eigenvalue weighted by atomic mass is 35.5. The van der Waals surface area contributed by atoms with E-state index in [1.54, 1.807) is 0 Å². The van der Waals surface area contributed by atoms with Crippen LogP contribution in [-0.2, 0) is 0 Å². The van der Waals surface area contributed by atoms with Gasteiger partial charge in [0.1, 0.15) is 5.82 Å². The number of hydrogen-bond acceptors (Lipinski definition) is 2. The lowest BCUT2D eigenvalue weighted by Gasteiger charge is -2.18. The van der Waals surface area contributed by atoms with Crippen molar-refractivity contribution in [2.24, 2.45) is 0 Å². The van der Waals surface area contributed by atoms with Crippen LogP contribution in [0.1, 0.15) is 20.7 Å². The highest BCUT2D eigenvalue weighted by Gasteiger charge is 2.20. The van der Waals surface area contributed by atoms with Crippen LogP contribution >= 0.6 is 11.6 Å². The third kappa shape index (κ3) is 3.03. The standard InChI is InChI=1S/C15H11ClFNO3/c1-18(10-7-5-9(6-8-10)15(20)21)14(19)13-11(16)3-2-4-12(13)17/h2-8H,1H3,(H,20,21). The van der Waals surface area contributed by atoms with Crippen LogP contribution in [0, 0.1) is 5.82 Å². The summed E-state index contributed by atoms with van der Waals surface area (Å²) >= 11 is 5.86. The fraction of sp³-hybridized carbons (Fsp3) is 0.0667. The van der Waals surface area contributed by atoms with Gasteiger partial charge in [-0.15, -0.1) is 0 Å². The molecule has 0 bridgehead atoms. The Morgan fingerprint density at radius 1 is 1.14 bits per heavy atom. The number of hydrogen-bond donors (Lipinski definition) is 1. The highest BCUT2D eigenvalue weighted by molar-refractivity contribution is 6.34. The van der Waals surface area contributed by atoms with E-state index in [4.69, 9.17) is 16.7 Å². The monoisotopic (exact) mass is 307 g/mol. The second kappa shape index (κ2) is 5.93. The van der Waals surface area contributed by atoms with Crippen LogP contribution < -0.4 is 4.90 Å². The summed E-state index contributed by atoms with van der Waals surface area (Å²) in [5, 5.41) is 8.85. The maximum atomic E-state index is 13.7. The van der Waals surface area contributed by atoms with Crippen LogP contribution in [0.3, 0.4) is 0 Å². The summed E-state index contributed by atoms with van der Waals surface area (Å²) in [4.78, 5) is 24.3. The maximum absolute atomic E-state index is 13.7. The van der Waals surface area contributed by atoms with Crippen molar-refractivity contribution in [2.45, 2.75) is 0 Å². The van der Waals surface area contributed by atoms with E-state index in [-0.39, 0.29) is 16.1 Å². The summed E-state index contributed by atoms with van der Waals surface area (Å²) < 4.78 is 13.7. The van der Waals surface area contributed by atoms with E-state index in [0.717, 1.165) is 6.07 Å². The van der Waals surface area contributed by atoms with E-state index in [2.05, 4.69) is 0 Å². The number of nitrogens with zero attached hydrogens (tertiary/aromatic N) is 1. The lowest BCUT2D eigenvalue weighted by atomic mass is 10.1. The van der Waals surface area contributed by atoms with Crippen molar-refractivity contribution in [1.82, 2.24) is 0 Å². The van der Waals surface area contributed by atoms with Crippen molar-refractivity contribution in [3.05, 3.63) is 64.4 Å². The van der Waals surface area contributed by atoms with Gasteiger partial charge in [-0.1, -0.05) is 17.7 Å². The van der Waals surface area contributed by atoms with Crippen LogP contribution in [0.2, 0.25) is 5.02 Å². The molecule has 1 N–H and O–H groups in total. The molecule has 0 aliphatic rings. The zero-order chi connectivity index (χ0) is 15.6. The van der Waals surface area contributed by atoms with Crippen molar-refractivity contribution in [1.29, 1.82) is 0 Å². The number of carboxylic acid groups (broad SMARTS) is 1. The number of carbonyl (C=O) groups is 2. The lowest BCUT2D eigenvalue weighted by molar-refractivity contribution is 0.0696. The molecule has 2 aromatic rings. The number of carbonyl (C=O) groups excluding carboxylic acids is 1. The molecule has 0 aliphatic carbocycles. The quantitative estimate of drug-likeness (QED) is 0.945. The van der Waals surface area contributed by atoms with Gasteiger partial charge in [0.25, 0.3) is 5.91 Å². The van der Waals surface area contributed by atoms with Gasteiger partial charge in [-0.3, -0.25) is 4.79 Å². The highest BCUT2D eigenvalue weighted by Crippen LogP contribution is 2.23. The lowest BCUT2D eigenvalue weighted by Crippen LogP contribution is -2.27. The van der Waals surface area contributed by atoms with E-state index in [9.17, 15) is 14.0 Å². The van der Waals surface area contributed by atoms with Crippen LogP contribution in [0.25, 0.3) is 0 Å². The number of rotatable bonds is 3. The van der Waals surface area contributed by atoms with E-state index in [1.165, 1.54) is 48.3 Å². The third-order valence-electron chi connectivity index (χ3n) is 2.98. The summed E-state index contributed by atoms with van der Waals surface area (Å²) in [5.41, 5.74) is 0.317. The molecule has 0 aromatic heterocycles. The van der Waals surface area contributed by atoms with Gasteiger partial charge >= 0.3 is 5.97 Å². The summed E-state index contributed by atoms with van der Waals surface area (Å²) in [7, 11) is 1.46. The summed E-state index contributed by atoms with van der Waals surface area (Å²) in [6.45, 7) is 0. The molecule has 2 rings (SSSR count). The number of benzene rings is 2. The molecule has 0 aliphatic heterocycles. The summed E-state index contributed by atoms with van der Waals surface area (Å²) in [6, 6.07) is 9.66. The average Bonchev–Trinajstić information content (AvgIpc) is 2.46. The van der Waals surface area contributed by atoms with Gasteiger partial charge in [0.15, 0.2) is 0 Å². The Labute approximate surface area is 125 Å². The van der Waals surface area contributed by atoms with Gasteiger partial charge < -0.3 is 10.0 Å². The largest absolute Gasteiger partial charge is 0.478 e. The van der Waals surface area contributed by atoms with Crippen molar-refractivity contribution in [2.75, 3.05) is 11.9 Å². The first-order valence-corrected chi connectivity index (χ1v) is 6.35. The normalized spacial score (nSPS) is 10.2. The molecule has 0 heterocycles. The minimum atomic E-state index is -1.06. The molecule has 108 valence electrons. The van der Waals surface area contributed by atoms with Gasteiger partial charge in [0, 0.05) is 12.7 Å². The first-order valence-electron chi connectivity index (χ1n) is 5.97. The van der Waals surface area contributed by atoms with E-state index in [1.807, 2.05) is 0 Å². The molecule has 0 atom stereocenters. The van der Waals surface area contributed by atoms with E-state index < -0.39 is 17.7 Å². The predicted octanol–water partition coefficient (Wildman–Crippen LogP) is 3.45. The van der Waals surface area contributed by atoms with Crippen LogP contribution in [0.15, 0.2) is 42.5 Å². The van der Waals surface area contributed by atoms with Crippen LogP contribution in [-0.4, -0.2) is 24.0 Å². The maximum Gasteiger partial charge on any atom is 0.335 e. The Morgan fingerprint density at radius 2 is 1.76 bits per heavy atom. The molecule has 0 fully saturated rings. The van der Waals surface area contributed by atoms with Gasteiger partial charge in [-0.05, 0) is 36.4 Å². The smallest absolute Gasteiger partial charge is 0.335 e. The number of amides is 1. The van der Waals surface area contributed by atoms with Crippen molar-refractivity contribution >= 4 is 29.2 Å². The second-order valence-electron chi connectivity index (χ2n) is 4.31. The molecule has 6 heteroatoms. The zero-order valence-corrected chi connectivity index (χ0v) is 11.8. The third-order valence-corrected chi connectivity index (χ3v) is 3.30. The van der Waals surface area contributed by atoms with Gasteiger partial charge in [-0.25, -0.2) is 9.18 Å². The molecular weight excluding hydrogens is 297 g/mol. The molecular formula is C15H11ClFNO3. The first kappa shape index (κ1) is 15.0. The fourth-order valence-electron chi connectivity index (χ4n) is 1.81. The second-order valence-corrected chi connectivity index (χ2v) is 4.72. The zero-order valence-electron chi connectivity index (χ0n) is 11.0.